The van der Waals surface area contributed by atoms with Crippen molar-refractivity contribution in [2.45, 2.75) is 25.3 Å². The van der Waals surface area contributed by atoms with Crippen LogP contribution < -0.4 is 0 Å². The first kappa shape index (κ1) is 22.6. The highest BCUT2D eigenvalue weighted by atomic mass is 35.5. The van der Waals surface area contributed by atoms with Gasteiger partial charge < -0.3 is 0 Å². The van der Waals surface area contributed by atoms with Crippen LogP contribution in [0.1, 0.15) is 16.8 Å². The van der Waals surface area contributed by atoms with E-state index < -0.39 is 14.9 Å². The van der Waals surface area contributed by atoms with Gasteiger partial charge in [0.05, 0.1) is 26.1 Å². The third kappa shape index (κ3) is 4.21. The number of benzene rings is 2. The molecule has 0 unspecified atom stereocenters. The first-order valence-electron chi connectivity index (χ1n) is 10.2. The average molecular weight is 475 g/mol. The summed E-state index contributed by atoms with van der Waals surface area (Å²) in [5.74, 6) is 0. The van der Waals surface area contributed by atoms with Crippen LogP contribution in [-0.2, 0) is 16.6 Å². The molecular formula is C22H23ClN4O4S. The zero-order chi connectivity index (χ0) is 23.0. The summed E-state index contributed by atoms with van der Waals surface area (Å²) in [7, 11) is -3.83. The van der Waals surface area contributed by atoms with Crippen LogP contribution in [0, 0.1) is 24.0 Å². The zero-order valence-corrected chi connectivity index (χ0v) is 19.4. The van der Waals surface area contributed by atoms with E-state index in [0.717, 1.165) is 28.2 Å². The fourth-order valence-corrected chi connectivity index (χ4v) is 5.85. The summed E-state index contributed by atoms with van der Waals surface area (Å²) in [6.45, 7) is 5.73. The lowest BCUT2D eigenvalue weighted by molar-refractivity contribution is -0.385. The van der Waals surface area contributed by atoms with Gasteiger partial charge in [-0.25, -0.2) is 13.4 Å². The number of nitrogens with zero attached hydrogens (tertiary/aromatic N) is 4. The van der Waals surface area contributed by atoms with Crippen molar-refractivity contribution in [2.75, 3.05) is 26.2 Å². The number of fused-ring (bicyclic) bond motifs is 1. The third-order valence-electron chi connectivity index (χ3n) is 5.85. The molecule has 0 bridgehead atoms. The third-order valence-corrected chi connectivity index (χ3v) is 8.39. The number of sulfonamides is 1. The summed E-state index contributed by atoms with van der Waals surface area (Å²) in [4.78, 5) is 17.3. The molecule has 2 aromatic carbocycles. The van der Waals surface area contributed by atoms with Crippen LogP contribution >= 0.6 is 11.6 Å². The van der Waals surface area contributed by atoms with Crippen LogP contribution in [0.4, 0.5) is 5.69 Å². The van der Waals surface area contributed by atoms with Crippen LogP contribution in [-0.4, -0.2) is 53.7 Å². The second kappa shape index (κ2) is 8.74. The van der Waals surface area contributed by atoms with Gasteiger partial charge in [0, 0.05) is 50.2 Å². The van der Waals surface area contributed by atoms with E-state index in [2.05, 4.69) is 4.90 Å². The average Bonchev–Trinajstić information content (AvgIpc) is 2.77. The summed E-state index contributed by atoms with van der Waals surface area (Å²) in [5.41, 5.74) is 2.89. The van der Waals surface area contributed by atoms with E-state index in [9.17, 15) is 18.5 Å². The molecule has 0 saturated carbocycles. The van der Waals surface area contributed by atoms with Gasteiger partial charge in [-0.1, -0.05) is 35.9 Å². The minimum absolute atomic E-state index is 0.0185. The topological polar surface area (TPSA) is 96.6 Å². The highest BCUT2D eigenvalue weighted by Gasteiger charge is 2.31. The number of aromatic nitrogens is 1. The van der Waals surface area contributed by atoms with Gasteiger partial charge in [-0.05, 0) is 31.0 Å². The van der Waals surface area contributed by atoms with Crippen molar-refractivity contribution in [1.29, 1.82) is 0 Å². The van der Waals surface area contributed by atoms with Crippen LogP contribution in [0.2, 0.25) is 5.02 Å². The van der Waals surface area contributed by atoms with Gasteiger partial charge in [-0.2, -0.15) is 4.31 Å². The molecule has 168 valence electrons. The maximum atomic E-state index is 13.1. The molecule has 1 aliphatic rings. The molecule has 2 heterocycles. The Morgan fingerprint density at radius 2 is 1.78 bits per heavy atom. The Morgan fingerprint density at radius 3 is 2.47 bits per heavy atom. The molecule has 4 rings (SSSR count). The molecule has 0 amide bonds. The van der Waals surface area contributed by atoms with Crippen molar-refractivity contribution in [3.63, 3.8) is 0 Å². The molecule has 0 spiro atoms. The molecule has 3 aromatic rings. The number of rotatable bonds is 5. The molecule has 1 saturated heterocycles. The molecule has 1 fully saturated rings. The predicted molar refractivity (Wildman–Crippen MR) is 123 cm³/mol. The van der Waals surface area contributed by atoms with Gasteiger partial charge in [0.2, 0.25) is 10.0 Å². The molecule has 1 aromatic heterocycles. The first-order valence-corrected chi connectivity index (χ1v) is 12.0. The van der Waals surface area contributed by atoms with E-state index in [1.54, 1.807) is 6.92 Å². The SMILES string of the molecule is Cc1ccc([N+](=O)[O-])cc1S(=O)(=O)N1CCN(Cc2nc3ccccc3c(C)c2Cl)CC1. The number of nitro benzene ring substituents is 1. The highest BCUT2D eigenvalue weighted by molar-refractivity contribution is 7.89. The van der Waals surface area contributed by atoms with Crippen LogP contribution in [0.15, 0.2) is 47.4 Å². The number of non-ortho nitro benzene ring substituents is 1. The van der Waals surface area contributed by atoms with Gasteiger partial charge in [0.15, 0.2) is 0 Å². The minimum atomic E-state index is -3.83. The van der Waals surface area contributed by atoms with Crippen molar-refractivity contribution >= 4 is 38.2 Å². The second-order valence-corrected chi connectivity index (χ2v) is 10.2. The highest BCUT2D eigenvalue weighted by Crippen LogP contribution is 2.29. The lowest BCUT2D eigenvalue weighted by Crippen LogP contribution is -2.48. The molecule has 10 heteroatoms. The summed E-state index contributed by atoms with van der Waals surface area (Å²) in [6, 6.07) is 11.8. The Morgan fingerprint density at radius 1 is 1.09 bits per heavy atom. The number of aryl methyl sites for hydroxylation is 2. The summed E-state index contributed by atoms with van der Waals surface area (Å²) in [6.07, 6.45) is 0. The number of pyridine rings is 1. The Hall–Kier alpha value is -2.59. The zero-order valence-electron chi connectivity index (χ0n) is 17.8. The largest absolute Gasteiger partial charge is 0.295 e. The van der Waals surface area contributed by atoms with Crippen molar-refractivity contribution in [2.24, 2.45) is 0 Å². The van der Waals surface area contributed by atoms with E-state index in [1.807, 2.05) is 31.2 Å². The van der Waals surface area contributed by atoms with E-state index in [4.69, 9.17) is 16.6 Å². The second-order valence-electron chi connectivity index (χ2n) is 7.90. The monoisotopic (exact) mass is 474 g/mol. The molecule has 1 aliphatic heterocycles. The van der Waals surface area contributed by atoms with Gasteiger partial charge in [-0.3, -0.25) is 15.0 Å². The quantitative estimate of drug-likeness (QED) is 0.410. The Kier molecular flexibility index (Phi) is 6.17. The minimum Gasteiger partial charge on any atom is -0.295 e. The number of halogens is 1. The number of nitro groups is 1. The molecule has 0 radical (unpaired) electrons. The van der Waals surface area contributed by atoms with Gasteiger partial charge in [0.1, 0.15) is 0 Å². The van der Waals surface area contributed by atoms with Crippen LogP contribution in [0.3, 0.4) is 0 Å². The molecule has 8 nitrogen and oxygen atoms in total. The van der Waals surface area contributed by atoms with Crippen LogP contribution in [0.25, 0.3) is 10.9 Å². The summed E-state index contributed by atoms with van der Waals surface area (Å²) < 4.78 is 27.7. The molecule has 0 N–H and O–H groups in total. The lowest BCUT2D eigenvalue weighted by Gasteiger charge is -2.34. The van der Waals surface area contributed by atoms with E-state index in [1.165, 1.54) is 16.4 Å². The number of hydrogen-bond acceptors (Lipinski definition) is 6. The van der Waals surface area contributed by atoms with Crippen molar-refractivity contribution in [1.82, 2.24) is 14.2 Å². The Balaban J connectivity index is 1.50. The van der Waals surface area contributed by atoms with E-state index >= 15 is 0 Å². The Labute approximate surface area is 191 Å². The van der Waals surface area contributed by atoms with Gasteiger partial charge >= 0.3 is 0 Å². The van der Waals surface area contributed by atoms with Crippen molar-refractivity contribution in [3.8, 4) is 0 Å². The first-order chi connectivity index (χ1) is 15.2. The smallest absolute Gasteiger partial charge is 0.270 e. The van der Waals surface area contributed by atoms with E-state index in [-0.39, 0.29) is 23.7 Å². The normalized spacial score (nSPS) is 15.8. The predicted octanol–water partition coefficient (Wildman–Crippen LogP) is 3.92. The molecule has 32 heavy (non-hydrogen) atoms. The molecule has 0 atom stereocenters. The number of hydrogen-bond donors (Lipinski definition) is 0. The number of piperazine rings is 1. The maximum Gasteiger partial charge on any atom is 0.270 e. The van der Waals surface area contributed by atoms with E-state index in [0.29, 0.717) is 30.2 Å². The standard InChI is InChI=1S/C22H23ClN4O4S/c1-15-7-8-17(27(28)29)13-21(15)32(30,31)26-11-9-25(10-12-26)14-20-22(23)16(2)18-5-3-4-6-19(18)24-20/h3-8,13H,9-12,14H2,1-2H3. The van der Waals surface area contributed by atoms with Crippen molar-refractivity contribution < 1.29 is 13.3 Å². The fourth-order valence-electron chi connectivity index (χ4n) is 3.98. The molecule has 0 aliphatic carbocycles. The summed E-state index contributed by atoms with van der Waals surface area (Å²) in [5, 5.41) is 12.7. The number of para-hydroxylation sites is 1. The fraction of sp³-hybridized carbons (Fsp3) is 0.318. The lowest BCUT2D eigenvalue weighted by atomic mass is 10.1. The van der Waals surface area contributed by atoms with Crippen molar-refractivity contribution in [3.05, 3.63) is 74.4 Å². The maximum absolute atomic E-state index is 13.1. The van der Waals surface area contributed by atoms with Gasteiger partial charge in [-0.15, -0.1) is 0 Å². The summed E-state index contributed by atoms with van der Waals surface area (Å²) >= 11 is 6.58. The molecular weight excluding hydrogens is 452 g/mol. The van der Waals surface area contributed by atoms with Crippen LogP contribution in [0.5, 0.6) is 0 Å². The van der Waals surface area contributed by atoms with Gasteiger partial charge in [0.25, 0.3) is 5.69 Å². The Bertz CT molecular complexity index is 1300.